The molecule has 0 aromatic rings. The number of rotatable bonds is 3. The summed E-state index contributed by atoms with van der Waals surface area (Å²) in [4.78, 5) is 1.43. The summed E-state index contributed by atoms with van der Waals surface area (Å²) in [5.74, 6) is -13.0. The third-order valence-electron chi connectivity index (χ3n) is 1.25. The van der Waals surface area contributed by atoms with Gasteiger partial charge < -0.3 is 0 Å². The highest BCUT2D eigenvalue weighted by Crippen LogP contribution is 2.54. The van der Waals surface area contributed by atoms with E-state index in [-0.39, 0.29) is 0 Å². The summed E-state index contributed by atoms with van der Waals surface area (Å²) in [6.07, 6.45) is -6.76. The molecule has 0 N–H and O–H groups in total. The molecule has 0 aromatic carbocycles. The number of alkyl halides is 8. The predicted molar refractivity (Wildman–Crippen MR) is 31.0 cm³/mol. The number of halogens is 9. The molecule has 0 aromatic heterocycles. The Balaban J connectivity index is 5.50. The first-order chi connectivity index (χ1) is 6.31. The Kier molecular flexibility index (Phi) is 3.53. The van der Waals surface area contributed by atoms with Crippen LogP contribution in [-0.4, -0.2) is 23.2 Å². The Morgan fingerprint density at radius 1 is 0.800 bits per heavy atom. The minimum absolute atomic E-state index is 1.43. The van der Waals surface area contributed by atoms with Crippen LogP contribution in [0.5, 0.6) is 0 Å². The van der Waals surface area contributed by atoms with Gasteiger partial charge in [-0.2, -0.15) is 35.1 Å². The molecule has 0 fully saturated rings. The maximum absolute atomic E-state index is 12.4. The van der Waals surface area contributed by atoms with Crippen molar-refractivity contribution < 1.29 is 44.6 Å². The van der Waals surface area contributed by atoms with Gasteiger partial charge in [-0.05, 0) is 4.53 Å². The van der Waals surface area contributed by atoms with Crippen molar-refractivity contribution >= 4 is 12.6 Å². The summed E-state index contributed by atoms with van der Waals surface area (Å²) in [5, 5.41) is -5.69. The zero-order chi connectivity index (χ0) is 12.7. The van der Waals surface area contributed by atoms with Crippen LogP contribution >= 0.6 is 12.6 Å². The largest absolute Gasteiger partial charge is 0.459 e. The first kappa shape index (κ1) is 14.7. The highest BCUT2D eigenvalue weighted by atomic mass is 32.1. The number of hydrogen-bond acceptors (Lipinski definition) is 2. The SMILES string of the molecule is FOC(F)(C(F)(F)S)C(F)(F)C(F)(F)F. The van der Waals surface area contributed by atoms with Crippen LogP contribution in [0.1, 0.15) is 0 Å². The van der Waals surface area contributed by atoms with Crippen LogP contribution in [0.25, 0.3) is 0 Å². The second-order valence-electron chi connectivity index (χ2n) is 2.29. The molecule has 11 heteroatoms. The molecule has 92 valence electrons. The molecule has 0 heterocycles. The molecule has 0 rings (SSSR count). The quantitative estimate of drug-likeness (QED) is 0.610. The second kappa shape index (κ2) is 3.61. The van der Waals surface area contributed by atoms with E-state index >= 15 is 0 Å². The zero-order valence-electron chi connectivity index (χ0n) is 6.26. The predicted octanol–water partition coefficient (Wildman–Crippen LogP) is 3.27. The van der Waals surface area contributed by atoms with Crippen molar-refractivity contribution in [3.05, 3.63) is 0 Å². The molecule has 0 aliphatic heterocycles. The van der Waals surface area contributed by atoms with Crippen molar-refractivity contribution in [3.8, 4) is 0 Å². The number of hydrogen-bond donors (Lipinski definition) is 1. The van der Waals surface area contributed by atoms with E-state index in [4.69, 9.17) is 0 Å². The Morgan fingerprint density at radius 3 is 1.20 bits per heavy atom. The third kappa shape index (κ3) is 2.12. The minimum Gasteiger partial charge on any atom is -0.193 e. The molecular formula is C4HF9OS. The van der Waals surface area contributed by atoms with Crippen molar-refractivity contribution in [2.45, 2.75) is 23.2 Å². The highest BCUT2D eigenvalue weighted by Gasteiger charge is 2.82. The Labute approximate surface area is 81.5 Å². The first-order valence-corrected chi connectivity index (χ1v) is 3.29. The molecule has 0 aliphatic carbocycles. The average Bonchev–Trinajstić information content (AvgIpc) is 1.98. The van der Waals surface area contributed by atoms with E-state index in [1.165, 1.54) is 4.94 Å². The lowest BCUT2D eigenvalue weighted by Gasteiger charge is -2.33. The van der Waals surface area contributed by atoms with E-state index in [1.54, 1.807) is 12.6 Å². The zero-order valence-corrected chi connectivity index (χ0v) is 7.15. The summed E-state index contributed by atoms with van der Waals surface area (Å²) in [6.45, 7) is 0. The van der Waals surface area contributed by atoms with E-state index in [0.717, 1.165) is 0 Å². The summed E-state index contributed by atoms with van der Waals surface area (Å²) >= 11 is 1.79. The van der Waals surface area contributed by atoms with Gasteiger partial charge in [0.2, 0.25) is 0 Å². The molecule has 0 radical (unpaired) electrons. The van der Waals surface area contributed by atoms with Crippen LogP contribution < -0.4 is 0 Å². The van der Waals surface area contributed by atoms with Crippen LogP contribution in [0.3, 0.4) is 0 Å². The van der Waals surface area contributed by atoms with Crippen LogP contribution in [0.15, 0.2) is 0 Å². The maximum atomic E-state index is 12.4. The highest BCUT2D eigenvalue weighted by molar-refractivity contribution is 7.81. The van der Waals surface area contributed by atoms with Gasteiger partial charge in [0, 0.05) is 0 Å². The first-order valence-electron chi connectivity index (χ1n) is 2.84. The Hall–Kier alpha value is -0.320. The van der Waals surface area contributed by atoms with Crippen molar-refractivity contribution in [2.24, 2.45) is 0 Å². The number of thiol groups is 1. The van der Waals surface area contributed by atoms with Crippen LogP contribution in [-0.2, 0) is 4.94 Å². The fourth-order valence-electron chi connectivity index (χ4n) is 0.466. The maximum Gasteiger partial charge on any atom is 0.459 e. The van der Waals surface area contributed by atoms with Gasteiger partial charge in [0.1, 0.15) is 0 Å². The van der Waals surface area contributed by atoms with Gasteiger partial charge in [-0.1, -0.05) is 12.6 Å². The van der Waals surface area contributed by atoms with E-state index < -0.39 is 23.2 Å². The van der Waals surface area contributed by atoms with Gasteiger partial charge in [-0.15, -0.1) is 4.94 Å². The molecule has 1 atom stereocenters. The molecule has 0 aliphatic rings. The third-order valence-corrected chi connectivity index (χ3v) is 1.54. The van der Waals surface area contributed by atoms with E-state index in [1.807, 2.05) is 0 Å². The molecule has 0 bridgehead atoms. The molecule has 15 heavy (non-hydrogen) atoms. The van der Waals surface area contributed by atoms with Crippen LogP contribution in [0, 0.1) is 0 Å². The molecule has 0 saturated carbocycles. The van der Waals surface area contributed by atoms with Crippen molar-refractivity contribution in [3.63, 3.8) is 0 Å². The van der Waals surface area contributed by atoms with Crippen LogP contribution in [0.2, 0.25) is 0 Å². The minimum atomic E-state index is -6.76. The Bertz CT molecular complexity index is 231. The van der Waals surface area contributed by atoms with Gasteiger partial charge in [0.15, 0.2) is 0 Å². The van der Waals surface area contributed by atoms with Gasteiger partial charge in [-0.3, -0.25) is 0 Å². The monoisotopic (exact) mass is 268 g/mol. The fraction of sp³-hybridized carbons (Fsp3) is 1.00. The van der Waals surface area contributed by atoms with Crippen molar-refractivity contribution in [1.82, 2.24) is 0 Å². The van der Waals surface area contributed by atoms with Gasteiger partial charge in [0.25, 0.3) is 0 Å². The van der Waals surface area contributed by atoms with E-state index in [2.05, 4.69) is 0 Å². The molecule has 0 spiro atoms. The summed E-state index contributed by atoms with van der Waals surface area (Å²) in [7, 11) is 0. The summed E-state index contributed by atoms with van der Waals surface area (Å²) < 4.78 is 106. The van der Waals surface area contributed by atoms with Gasteiger partial charge >= 0.3 is 23.2 Å². The summed E-state index contributed by atoms with van der Waals surface area (Å²) in [6, 6.07) is 0. The fourth-order valence-corrected chi connectivity index (χ4v) is 0.641. The second-order valence-corrected chi connectivity index (χ2v) is 2.85. The summed E-state index contributed by atoms with van der Waals surface area (Å²) in [5.41, 5.74) is 0. The standard InChI is InChI=1S/C4HF9OS/c5-1(6,3(8,9)10)2(7,14-13)4(11,12)15/h15H. The van der Waals surface area contributed by atoms with E-state index in [0.29, 0.717) is 0 Å². The van der Waals surface area contributed by atoms with Gasteiger partial charge in [0.05, 0.1) is 0 Å². The lowest BCUT2D eigenvalue weighted by atomic mass is 10.1. The molecule has 0 saturated heterocycles. The normalized spacial score (nSPS) is 18.8. The van der Waals surface area contributed by atoms with E-state index in [9.17, 15) is 39.6 Å². The van der Waals surface area contributed by atoms with Gasteiger partial charge in [-0.25, -0.2) is 0 Å². The molecule has 1 unspecified atom stereocenters. The average molecular weight is 268 g/mol. The lowest BCUT2D eigenvalue weighted by Crippen LogP contribution is -2.62. The lowest BCUT2D eigenvalue weighted by molar-refractivity contribution is -0.457. The topological polar surface area (TPSA) is 9.23 Å². The Morgan fingerprint density at radius 2 is 1.13 bits per heavy atom. The molecule has 0 amide bonds. The van der Waals surface area contributed by atoms with Crippen molar-refractivity contribution in [1.29, 1.82) is 0 Å². The molecular weight excluding hydrogens is 267 g/mol. The van der Waals surface area contributed by atoms with Crippen LogP contribution in [0.4, 0.5) is 39.6 Å². The smallest absolute Gasteiger partial charge is 0.193 e. The molecule has 1 nitrogen and oxygen atoms in total. The van der Waals surface area contributed by atoms with Crippen molar-refractivity contribution in [2.75, 3.05) is 0 Å².